The van der Waals surface area contributed by atoms with Gasteiger partial charge in [0.15, 0.2) is 5.54 Å². The second-order valence-corrected chi connectivity index (χ2v) is 6.42. The maximum absolute atomic E-state index is 13.2. The van der Waals surface area contributed by atoms with Gasteiger partial charge in [-0.1, -0.05) is 12.1 Å². The molecule has 1 aromatic carbocycles. The molecule has 0 aliphatic carbocycles. The molecule has 0 bridgehead atoms. The molecule has 2 aromatic rings. The van der Waals surface area contributed by atoms with Crippen molar-refractivity contribution in [2.45, 2.75) is 12.5 Å². The lowest BCUT2D eigenvalue weighted by atomic mass is 9.92. The van der Waals surface area contributed by atoms with Gasteiger partial charge < -0.3 is 11.5 Å². The molecule has 3 rings (SSSR count). The van der Waals surface area contributed by atoms with Crippen molar-refractivity contribution in [3.63, 3.8) is 0 Å². The minimum Gasteiger partial charge on any atom is -0.367 e. The largest absolute Gasteiger partial charge is 0.367 e. The third-order valence-electron chi connectivity index (χ3n) is 3.92. The van der Waals surface area contributed by atoms with Crippen LogP contribution < -0.4 is 11.5 Å². The number of carbonyl (C=O) groups is 2. The summed E-state index contributed by atoms with van der Waals surface area (Å²) in [7, 11) is 0. The van der Waals surface area contributed by atoms with Crippen LogP contribution in [-0.4, -0.2) is 18.0 Å². The highest BCUT2D eigenvalue weighted by Crippen LogP contribution is 2.44. The summed E-state index contributed by atoms with van der Waals surface area (Å²) in [5.74, 6) is -1.72. The van der Waals surface area contributed by atoms with E-state index in [-0.39, 0.29) is 11.4 Å². The van der Waals surface area contributed by atoms with Crippen LogP contribution in [0.1, 0.15) is 20.8 Å². The first-order valence-electron chi connectivity index (χ1n) is 7.09. The minimum absolute atomic E-state index is 0.224. The fourth-order valence-corrected chi connectivity index (χ4v) is 4.18. The van der Waals surface area contributed by atoms with Crippen molar-refractivity contribution in [3.05, 3.63) is 58.2 Å². The molecule has 0 fully saturated rings. The van der Waals surface area contributed by atoms with E-state index >= 15 is 0 Å². The third kappa shape index (κ3) is 2.33. The summed E-state index contributed by atoms with van der Waals surface area (Å²) in [5, 5.41) is 0. The summed E-state index contributed by atoms with van der Waals surface area (Å²) in [4.78, 5) is 29.3. The molecule has 4 N–H and O–H groups in total. The van der Waals surface area contributed by atoms with Gasteiger partial charge in [-0.05, 0) is 42.3 Å². The molecule has 0 saturated carbocycles. The second-order valence-electron chi connectivity index (χ2n) is 5.40. The van der Waals surface area contributed by atoms with Crippen LogP contribution in [0.2, 0.25) is 0 Å². The van der Waals surface area contributed by atoms with Crippen molar-refractivity contribution in [1.82, 2.24) is 0 Å². The van der Waals surface area contributed by atoms with Crippen LogP contribution >= 0.6 is 11.3 Å². The first kappa shape index (κ1) is 16.1. The molecular weight excluding hydrogens is 329 g/mol. The number of aliphatic imine (C=N–C) groups is 1. The van der Waals surface area contributed by atoms with Crippen LogP contribution in [-0.2, 0) is 10.3 Å². The number of allylic oxidation sites excluding steroid dienone is 1. The Morgan fingerprint density at radius 2 is 1.88 bits per heavy atom. The molecule has 1 aliphatic rings. The van der Waals surface area contributed by atoms with Crippen LogP contribution in [0, 0.1) is 12.7 Å². The average Bonchev–Trinajstić information content (AvgIpc) is 3.13. The maximum atomic E-state index is 13.2. The lowest BCUT2D eigenvalue weighted by Gasteiger charge is -2.20. The fourth-order valence-electron chi connectivity index (χ4n) is 2.73. The highest BCUT2D eigenvalue weighted by Gasteiger charge is 2.42. The Balaban J connectivity index is 2.28. The number of thiophene rings is 1. The number of amides is 2. The van der Waals surface area contributed by atoms with E-state index in [1.165, 1.54) is 29.7 Å². The van der Waals surface area contributed by atoms with Gasteiger partial charge in [-0.25, -0.2) is 4.39 Å². The predicted molar refractivity (Wildman–Crippen MR) is 91.5 cm³/mol. The van der Waals surface area contributed by atoms with Crippen LogP contribution in [0.3, 0.4) is 0 Å². The van der Waals surface area contributed by atoms with Crippen molar-refractivity contribution in [1.29, 1.82) is 0 Å². The Bertz CT molecular complexity index is 885. The van der Waals surface area contributed by atoms with Gasteiger partial charge in [-0.2, -0.15) is 0 Å². The number of nitrogens with zero attached hydrogens (tertiary/aromatic N) is 1. The molecule has 1 aromatic heterocycles. The van der Waals surface area contributed by atoms with Gasteiger partial charge in [0.05, 0.1) is 10.4 Å². The van der Waals surface area contributed by atoms with Crippen molar-refractivity contribution < 1.29 is 14.0 Å². The number of halogens is 1. The average molecular weight is 343 g/mol. The molecule has 1 unspecified atom stereocenters. The first-order chi connectivity index (χ1) is 11.4. The number of nitrogens with two attached hydrogens (primary N) is 2. The summed E-state index contributed by atoms with van der Waals surface area (Å²) >= 11 is 1.21. The number of primary amides is 2. The van der Waals surface area contributed by atoms with Crippen LogP contribution in [0.4, 0.5) is 4.39 Å². The van der Waals surface area contributed by atoms with Gasteiger partial charge in [-0.15, -0.1) is 11.3 Å². The molecule has 0 radical (unpaired) electrons. The standard InChI is InChI=1S/C17H14FN3O2S/c1-9-12(15(19)22)14(17(16(20)23)7-2-8-21-17)24-13(9)10-3-5-11(18)6-4-10/h2-8H,1H3,(H2,19,22)(H2,20,23). The zero-order chi connectivity index (χ0) is 17.5. The highest BCUT2D eigenvalue weighted by molar-refractivity contribution is 7.16. The van der Waals surface area contributed by atoms with E-state index in [2.05, 4.69) is 4.99 Å². The van der Waals surface area contributed by atoms with E-state index in [0.717, 1.165) is 10.4 Å². The fraction of sp³-hybridized carbons (Fsp3) is 0.118. The van der Waals surface area contributed by atoms with Crippen LogP contribution in [0.5, 0.6) is 0 Å². The lowest BCUT2D eigenvalue weighted by Crippen LogP contribution is -2.37. The van der Waals surface area contributed by atoms with Gasteiger partial charge >= 0.3 is 0 Å². The van der Waals surface area contributed by atoms with Gasteiger partial charge in [0, 0.05) is 11.1 Å². The molecule has 24 heavy (non-hydrogen) atoms. The summed E-state index contributed by atoms with van der Waals surface area (Å²) in [6.45, 7) is 1.73. The molecule has 0 saturated heterocycles. The summed E-state index contributed by atoms with van der Waals surface area (Å²) in [5.41, 5.74) is 11.2. The summed E-state index contributed by atoms with van der Waals surface area (Å²) in [6, 6.07) is 5.87. The van der Waals surface area contributed by atoms with E-state index in [9.17, 15) is 14.0 Å². The van der Waals surface area contributed by atoms with E-state index < -0.39 is 17.4 Å². The van der Waals surface area contributed by atoms with Crippen molar-refractivity contribution in [2.75, 3.05) is 0 Å². The first-order valence-corrected chi connectivity index (χ1v) is 7.91. The summed E-state index contributed by atoms with van der Waals surface area (Å²) < 4.78 is 13.2. The van der Waals surface area contributed by atoms with E-state index in [1.54, 1.807) is 31.2 Å². The van der Waals surface area contributed by atoms with E-state index in [0.29, 0.717) is 10.4 Å². The lowest BCUT2D eigenvalue weighted by molar-refractivity contribution is -0.121. The van der Waals surface area contributed by atoms with Crippen LogP contribution in [0.25, 0.3) is 10.4 Å². The zero-order valence-corrected chi connectivity index (χ0v) is 13.6. The molecule has 2 amide bonds. The highest BCUT2D eigenvalue weighted by atomic mass is 32.1. The van der Waals surface area contributed by atoms with Gasteiger partial charge in [0.1, 0.15) is 5.82 Å². The zero-order valence-electron chi connectivity index (χ0n) is 12.7. The molecule has 7 heteroatoms. The van der Waals surface area contributed by atoms with Gasteiger partial charge in [-0.3, -0.25) is 14.6 Å². The van der Waals surface area contributed by atoms with Crippen molar-refractivity contribution >= 4 is 29.4 Å². The van der Waals surface area contributed by atoms with Gasteiger partial charge in [0.25, 0.3) is 5.91 Å². The van der Waals surface area contributed by atoms with Crippen LogP contribution in [0.15, 0.2) is 41.4 Å². The molecule has 2 heterocycles. The molecule has 5 nitrogen and oxygen atoms in total. The quantitative estimate of drug-likeness (QED) is 0.890. The summed E-state index contributed by atoms with van der Waals surface area (Å²) in [6.07, 6.45) is 4.60. The normalized spacial score (nSPS) is 18.9. The van der Waals surface area contributed by atoms with Gasteiger partial charge in [0.2, 0.25) is 5.91 Å². The Labute approximate surface area is 141 Å². The molecule has 1 aliphatic heterocycles. The minimum atomic E-state index is -1.43. The number of hydrogen-bond acceptors (Lipinski definition) is 4. The SMILES string of the molecule is Cc1c(-c2ccc(F)cc2)sc(C2(C(N)=O)C=CC=N2)c1C(N)=O. The number of rotatable bonds is 4. The topological polar surface area (TPSA) is 98.5 Å². The molecule has 1 atom stereocenters. The van der Waals surface area contributed by atoms with E-state index in [1.807, 2.05) is 0 Å². The van der Waals surface area contributed by atoms with Crippen molar-refractivity contribution in [3.8, 4) is 10.4 Å². The Morgan fingerprint density at radius 3 is 2.38 bits per heavy atom. The molecule has 122 valence electrons. The number of carbonyl (C=O) groups excluding carboxylic acids is 2. The third-order valence-corrected chi connectivity index (χ3v) is 5.39. The Kier molecular flexibility index (Phi) is 3.81. The Hall–Kier alpha value is -2.80. The predicted octanol–water partition coefficient (Wildman–Crippen LogP) is 2.28. The van der Waals surface area contributed by atoms with E-state index in [4.69, 9.17) is 11.5 Å². The Morgan fingerprint density at radius 1 is 1.21 bits per heavy atom. The number of benzene rings is 1. The number of hydrogen-bond donors (Lipinski definition) is 2. The smallest absolute Gasteiger partial charge is 0.254 e. The maximum Gasteiger partial charge on any atom is 0.254 e. The van der Waals surface area contributed by atoms with Crippen molar-refractivity contribution in [2.24, 2.45) is 16.5 Å². The molecule has 0 spiro atoms. The second kappa shape index (κ2) is 5.68. The monoisotopic (exact) mass is 343 g/mol. The molecular formula is C17H14FN3O2S.